The quantitative estimate of drug-likeness (QED) is 0.894. The van der Waals surface area contributed by atoms with Crippen LogP contribution in [0.3, 0.4) is 0 Å². The summed E-state index contributed by atoms with van der Waals surface area (Å²) >= 11 is 0. The molecule has 0 bridgehead atoms. The van der Waals surface area contributed by atoms with Gasteiger partial charge < -0.3 is 10.1 Å². The second kappa shape index (κ2) is 5.28. The number of rotatable bonds is 4. The number of hydrogen-bond donors (Lipinski definition) is 1. The van der Waals surface area contributed by atoms with Gasteiger partial charge in [-0.15, -0.1) is 0 Å². The van der Waals surface area contributed by atoms with Crippen LogP contribution in [-0.4, -0.2) is 33.9 Å². The van der Waals surface area contributed by atoms with Gasteiger partial charge in [-0.2, -0.15) is 0 Å². The first-order chi connectivity index (χ1) is 8.53. The SMILES string of the molecule is COc1ccc(CS(=O)(=O)C2CCNC2)cc1C. The van der Waals surface area contributed by atoms with Crippen molar-refractivity contribution in [3.63, 3.8) is 0 Å². The van der Waals surface area contributed by atoms with Gasteiger partial charge in [0.15, 0.2) is 9.84 Å². The monoisotopic (exact) mass is 269 g/mol. The van der Waals surface area contributed by atoms with E-state index in [0.29, 0.717) is 6.54 Å². The van der Waals surface area contributed by atoms with Crippen molar-refractivity contribution >= 4 is 9.84 Å². The smallest absolute Gasteiger partial charge is 0.158 e. The van der Waals surface area contributed by atoms with E-state index in [2.05, 4.69) is 5.32 Å². The molecule has 1 heterocycles. The molecule has 0 spiro atoms. The minimum absolute atomic E-state index is 0.115. The zero-order chi connectivity index (χ0) is 13.2. The number of nitrogens with one attached hydrogen (secondary N) is 1. The highest BCUT2D eigenvalue weighted by Gasteiger charge is 2.28. The fourth-order valence-electron chi connectivity index (χ4n) is 2.32. The largest absolute Gasteiger partial charge is 0.496 e. The second-order valence-electron chi connectivity index (χ2n) is 4.73. The predicted octanol–water partition coefficient (Wildman–Crippen LogP) is 1.28. The molecule has 100 valence electrons. The molecule has 1 N–H and O–H groups in total. The fourth-order valence-corrected chi connectivity index (χ4v) is 4.04. The zero-order valence-corrected chi connectivity index (χ0v) is 11.6. The van der Waals surface area contributed by atoms with Gasteiger partial charge in [-0.3, -0.25) is 0 Å². The Morgan fingerprint density at radius 1 is 1.44 bits per heavy atom. The Balaban J connectivity index is 2.16. The van der Waals surface area contributed by atoms with Crippen LogP contribution in [0.15, 0.2) is 18.2 Å². The first-order valence-electron chi connectivity index (χ1n) is 6.09. The summed E-state index contributed by atoms with van der Waals surface area (Å²) in [5, 5.41) is 2.86. The number of benzene rings is 1. The van der Waals surface area contributed by atoms with Crippen molar-refractivity contribution in [2.75, 3.05) is 20.2 Å². The van der Waals surface area contributed by atoms with Crippen molar-refractivity contribution in [3.8, 4) is 5.75 Å². The van der Waals surface area contributed by atoms with Gasteiger partial charge in [0.05, 0.1) is 18.1 Å². The molecule has 0 amide bonds. The van der Waals surface area contributed by atoms with Gasteiger partial charge in [-0.1, -0.05) is 12.1 Å². The van der Waals surface area contributed by atoms with Gasteiger partial charge >= 0.3 is 0 Å². The van der Waals surface area contributed by atoms with E-state index in [0.717, 1.165) is 29.8 Å². The highest BCUT2D eigenvalue weighted by atomic mass is 32.2. The Hall–Kier alpha value is -1.07. The van der Waals surface area contributed by atoms with Gasteiger partial charge in [-0.25, -0.2) is 8.42 Å². The van der Waals surface area contributed by atoms with E-state index in [1.807, 2.05) is 25.1 Å². The maximum Gasteiger partial charge on any atom is 0.158 e. The lowest BCUT2D eigenvalue weighted by atomic mass is 10.1. The van der Waals surface area contributed by atoms with Crippen LogP contribution in [0.25, 0.3) is 0 Å². The Morgan fingerprint density at radius 3 is 2.78 bits per heavy atom. The van der Waals surface area contributed by atoms with Crippen molar-refractivity contribution in [1.29, 1.82) is 0 Å². The number of aryl methyl sites for hydroxylation is 1. The molecule has 0 aromatic heterocycles. The topological polar surface area (TPSA) is 55.4 Å². The van der Waals surface area contributed by atoms with Crippen LogP contribution in [0.1, 0.15) is 17.5 Å². The van der Waals surface area contributed by atoms with Gasteiger partial charge in [0.1, 0.15) is 5.75 Å². The molecule has 1 aromatic carbocycles. The van der Waals surface area contributed by atoms with Crippen molar-refractivity contribution in [2.45, 2.75) is 24.3 Å². The van der Waals surface area contributed by atoms with E-state index in [1.54, 1.807) is 7.11 Å². The molecule has 1 aliphatic rings. The van der Waals surface area contributed by atoms with Crippen LogP contribution in [-0.2, 0) is 15.6 Å². The molecule has 1 unspecified atom stereocenters. The molecular weight excluding hydrogens is 250 g/mol. The van der Waals surface area contributed by atoms with Crippen LogP contribution in [0.5, 0.6) is 5.75 Å². The fraction of sp³-hybridized carbons (Fsp3) is 0.538. The molecule has 2 rings (SSSR count). The van der Waals surface area contributed by atoms with Crippen molar-refractivity contribution in [2.24, 2.45) is 0 Å². The molecule has 1 saturated heterocycles. The van der Waals surface area contributed by atoms with E-state index in [-0.39, 0.29) is 11.0 Å². The summed E-state index contributed by atoms with van der Waals surface area (Å²) in [6.07, 6.45) is 0.720. The van der Waals surface area contributed by atoms with Gasteiger partial charge in [-0.05, 0) is 37.1 Å². The van der Waals surface area contributed by atoms with Gasteiger partial charge in [0, 0.05) is 6.54 Å². The summed E-state index contributed by atoms with van der Waals surface area (Å²) in [6.45, 7) is 3.30. The van der Waals surface area contributed by atoms with Crippen molar-refractivity contribution in [3.05, 3.63) is 29.3 Å². The number of methoxy groups -OCH3 is 1. The highest BCUT2D eigenvalue weighted by Crippen LogP contribution is 2.22. The Kier molecular flexibility index (Phi) is 3.92. The third kappa shape index (κ3) is 2.84. The van der Waals surface area contributed by atoms with E-state index in [4.69, 9.17) is 4.74 Å². The summed E-state index contributed by atoms with van der Waals surface area (Å²) in [4.78, 5) is 0. The second-order valence-corrected chi connectivity index (χ2v) is 7.01. The summed E-state index contributed by atoms with van der Waals surface area (Å²) in [5.41, 5.74) is 1.80. The normalized spacial score (nSPS) is 20.0. The van der Waals surface area contributed by atoms with E-state index >= 15 is 0 Å². The average molecular weight is 269 g/mol. The molecule has 1 aromatic rings. The van der Waals surface area contributed by atoms with Crippen LogP contribution in [0.2, 0.25) is 0 Å². The lowest BCUT2D eigenvalue weighted by molar-refractivity contribution is 0.411. The highest BCUT2D eigenvalue weighted by molar-refractivity contribution is 7.91. The number of hydrogen-bond acceptors (Lipinski definition) is 4. The zero-order valence-electron chi connectivity index (χ0n) is 10.8. The number of sulfone groups is 1. The average Bonchev–Trinajstić information content (AvgIpc) is 2.82. The molecule has 0 saturated carbocycles. The van der Waals surface area contributed by atoms with Crippen LogP contribution < -0.4 is 10.1 Å². The lowest BCUT2D eigenvalue weighted by Gasteiger charge is -2.12. The maximum absolute atomic E-state index is 12.2. The third-order valence-corrected chi connectivity index (χ3v) is 5.50. The van der Waals surface area contributed by atoms with E-state index < -0.39 is 9.84 Å². The predicted molar refractivity (Wildman–Crippen MR) is 71.6 cm³/mol. The summed E-state index contributed by atoms with van der Waals surface area (Å²) in [7, 11) is -1.44. The minimum Gasteiger partial charge on any atom is -0.496 e. The molecule has 1 fully saturated rings. The van der Waals surface area contributed by atoms with Crippen molar-refractivity contribution in [1.82, 2.24) is 5.32 Å². The first-order valence-corrected chi connectivity index (χ1v) is 7.80. The number of ether oxygens (including phenoxy) is 1. The standard InChI is InChI=1S/C13H19NO3S/c1-10-7-11(3-4-13(10)17-2)9-18(15,16)12-5-6-14-8-12/h3-4,7,12,14H,5-6,8-9H2,1-2H3. The molecule has 5 heteroatoms. The first kappa shape index (κ1) is 13.4. The molecule has 0 aliphatic carbocycles. The molecule has 1 atom stereocenters. The van der Waals surface area contributed by atoms with Crippen molar-refractivity contribution < 1.29 is 13.2 Å². The molecule has 1 aliphatic heterocycles. The Bertz CT molecular complexity index is 519. The Morgan fingerprint density at radius 2 is 2.22 bits per heavy atom. The molecule has 4 nitrogen and oxygen atoms in total. The lowest BCUT2D eigenvalue weighted by Crippen LogP contribution is -2.25. The Labute approximate surface area is 108 Å². The molecule has 0 radical (unpaired) electrons. The van der Waals surface area contributed by atoms with Crippen LogP contribution >= 0.6 is 0 Å². The van der Waals surface area contributed by atoms with E-state index in [9.17, 15) is 8.42 Å². The van der Waals surface area contributed by atoms with Crippen LogP contribution in [0, 0.1) is 6.92 Å². The van der Waals surface area contributed by atoms with E-state index in [1.165, 1.54) is 0 Å². The summed E-state index contributed by atoms with van der Waals surface area (Å²) in [6, 6.07) is 5.54. The summed E-state index contributed by atoms with van der Waals surface area (Å²) in [5.74, 6) is 0.906. The molecule has 18 heavy (non-hydrogen) atoms. The maximum atomic E-state index is 12.2. The minimum atomic E-state index is -3.05. The van der Waals surface area contributed by atoms with Crippen LogP contribution in [0.4, 0.5) is 0 Å². The summed E-state index contributed by atoms with van der Waals surface area (Å²) < 4.78 is 29.6. The van der Waals surface area contributed by atoms with Gasteiger partial charge in [0.2, 0.25) is 0 Å². The molecular formula is C13H19NO3S. The third-order valence-electron chi connectivity index (χ3n) is 3.35. The van der Waals surface area contributed by atoms with Gasteiger partial charge in [0.25, 0.3) is 0 Å².